The Balaban J connectivity index is 1.67. The Kier molecular flexibility index (Phi) is 3.02. The molecule has 0 amide bonds. The Bertz CT molecular complexity index is 634. The van der Waals surface area contributed by atoms with E-state index in [2.05, 4.69) is 15.2 Å². The molecular weight excluding hydrogens is 226 g/mol. The summed E-state index contributed by atoms with van der Waals surface area (Å²) >= 11 is 0. The average molecular weight is 239 g/mol. The lowest BCUT2D eigenvalue weighted by molar-refractivity contribution is 0.105. The number of fused-ring (bicyclic) bond motifs is 1. The predicted molar refractivity (Wildman–Crippen MR) is 68.8 cm³/mol. The molecule has 0 saturated heterocycles. The maximum Gasteiger partial charge on any atom is 0.181 e. The van der Waals surface area contributed by atoms with Crippen LogP contribution in [-0.2, 0) is 18.0 Å². The molecule has 4 nitrogen and oxygen atoms in total. The molecule has 0 saturated carbocycles. The minimum atomic E-state index is 0.511. The van der Waals surface area contributed by atoms with Crippen LogP contribution >= 0.6 is 0 Å². The van der Waals surface area contributed by atoms with Crippen molar-refractivity contribution >= 4 is 11.0 Å². The van der Waals surface area contributed by atoms with Gasteiger partial charge >= 0.3 is 0 Å². The SMILES string of the molecule is c1ccc(COCc2[nH]nc3ncccc23)cc1. The van der Waals surface area contributed by atoms with Gasteiger partial charge in [-0.3, -0.25) is 5.10 Å². The highest BCUT2D eigenvalue weighted by molar-refractivity contribution is 5.77. The standard InChI is InChI=1S/C14H13N3O/c1-2-5-11(6-3-1)9-18-10-13-12-7-4-8-15-14(12)17-16-13/h1-8H,9-10H2,(H,15,16,17). The first-order valence-electron chi connectivity index (χ1n) is 5.83. The summed E-state index contributed by atoms with van der Waals surface area (Å²) in [6.45, 7) is 1.11. The molecule has 18 heavy (non-hydrogen) atoms. The summed E-state index contributed by atoms with van der Waals surface area (Å²) in [7, 11) is 0. The lowest BCUT2D eigenvalue weighted by atomic mass is 10.2. The smallest absolute Gasteiger partial charge is 0.181 e. The Morgan fingerprint density at radius 2 is 1.89 bits per heavy atom. The van der Waals surface area contributed by atoms with Gasteiger partial charge in [-0.2, -0.15) is 5.10 Å². The fourth-order valence-corrected chi connectivity index (χ4v) is 1.86. The minimum absolute atomic E-state index is 0.511. The molecule has 2 heterocycles. The summed E-state index contributed by atoms with van der Waals surface area (Å²) in [6.07, 6.45) is 1.73. The second-order valence-electron chi connectivity index (χ2n) is 4.06. The predicted octanol–water partition coefficient (Wildman–Crippen LogP) is 2.67. The first-order valence-corrected chi connectivity index (χ1v) is 5.83. The molecule has 4 heteroatoms. The van der Waals surface area contributed by atoms with Crippen LogP contribution in [0.3, 0.4) is 0 Å². The number of aromatic nitrogens is 3. The van der Waals surface area contributed by atoms with E-state index < -0.39 is 0 Å². The number of nitrogens with zero attached hydrogens (tertiary/aromatic N) is 2. The number of nitrogens with one attached hydrogen (secondary N) is 1. The zero-order chi connectivity index (χ0) is 12.2. The molecule has 0 bridgehead atoms. The third kappa shape index (κ3) is 2.24. The van der Waals surface area contributed by atoms with E-state index in [1.165, 1.54) is 5.56 Å². The van der Waals surface area contributed by atoms with Crippen LogP contribution < -0.4 is 0 Å². The van der Waals surface area contributed by atoms with Crippen LogP contribution in [0.5, 0.6) is 0 Å². The van der Waals surface area contributed by atoms with Crippen molar-refractivity contribution in [3.63, 3.8) is 0 Å². The van der Waals surface area contributed by atoms with E-state index in [1.54, 1.807) is 6.20 Å². The van der Waals surface area contributed by atoms with Crippen molar-refractivity contribution in [1.29, 1.82) is 0 Å². The molecule has 3 rings (SSSR count). The quantitative estimate of drug-likeness (QED) is 0.761. The Morgan fingerprint density at radius 1 is 1.00 bits per heavy atom. The fraction of sp³-hybridized carbons (Fsp3) is 0.143. The summed E-state index contributed by atoms with van der Waals surface area (Å²) in [5, 5.41) is 8.11. The first-order chi connectivity index (χ1) is 8.93. The first kappa shape index (κ1) is 10.9. The van der Waals surface area contributed by atoms with Gasteiger partial charge in [0.05, 0.1) is 18.9 Å². The van der Waals surface area contributed by atoms with Gasteiger partial charge in [-0.25, -0.2) is 4.98 Å². The molecule has 0 fully saturated rings. The molecule has 0 aliphatic rings. The fourth-order valence-electron chi connectivity index (χ4n) is 1.86. The minimum Gasteiger partial charge on any atom is -0.370 e. The lowest BCUT2D eigenvalue weighted by Gasteiger charge is -2.02. The Morgan fingerprint density at radius 3 is 2.78 bits per heavy atom. The van der Waals surface area contributed by atoms with Crippen molar-refractivity contribution in [3.8, 4) is 0 Å². The summed E-state index contributed by atoms with van der Waals surface area (Å²) in [5.74, 6) is 0. The van der Waals surface area contributed by atoms with E-state index in [0.717, 1.165) is 16.7 Å². The van der Waals surface area contributed by atoms with Gasteiger partial charge in [0.2, 0.25) is 0 Å². The monoisotopic (exact) mass is 239 g/mol. The molecular formula is C14H13N3O. The van der Waals surface area contributed by atoms with Crippen LogP contribution in [0.4, 0.5) is 0 Å². The van der Waals surface area contributed by atoms with E-state index in [1.807, 2.05) is 42.5 Å². The van der Waals surface area contributed by atoms with Crippen LogP contribution in [-0.4, -0.2) is 15.2 Å². The van der Waals surface area contributed by atoms with Crippen LogP contribution in [0, 0.1) is 0 Å². The number of pyridine rings is 1. The van der Waals surface area contributed by atoms with Crippen molar-refractivity contribution in [2.45, 2.75) is 13.2 Å². The second kappa shape index (κ2) is 4.98. The van der Waals surface area contributed by atoms with Gasteiger partial charge in [0.15, 0.2) is 5.65 Å². The Hall–Kier alpha value is -2.20. The highest BCUT2D eigenvalue weighted by atomic mass is 16.5. The molecule has 0 unspecified atom stereocenters. The van der Waals surface area contributed by atoms with E-state index in [4.69, 9.17) is 4.74 Å². The number of H-pyrrole nitrogens is 1. The van der Waals surface area contributed by atoms with Crippen molar-refractivity contribution in [2.24, 2.45) is 0 Å². The van der Waals surface area contributed by atoms with Gasteiger partial charge < -0.3 is 4.74 Å². The van der Waals surface area contributed by atoms with Crippen molar-refractivity contribution in [3.05, 3.63) is 59.9 Å². The molecule has 0 atom stereocenters. The highest BCUT2D eigenvalue weighted by Gasteiger charge is 2.05. The maximum atomic E-state index is 5.67. The normalized spacial score (nSPS) is 10.9. The van der Waals surface area contributed by atoms with E-state index in [-0.39, 0.29) is 0 Å². The summed E-state index contributed by atoms with van der Waals surface area (Å²) < 4.78 is 5.67. The van der Waals surface area contributed by atoms with Crippen molar-refractivity contribution in [2.75, 3.05) is 0 Å². The summed E-state index contributed by atoms with van der Waals surface area (Å²) in [5.41, 5.74) is 2.87. The van der Waals surface area contributed by atoms with Crippen LogP contribution in [0.15, 0.2) is 48.7 Å². The summed E-state index contributed by atoms with van der Waals surface area (Å²) in [4.78, 5) is 4.17. The maximum absolute atomic E-state index is 5.67. The zero-order valence-corrected chi connectivity index (χ0v) is 9.84. The molecule has 3 aromatic rings. The highest BCUT2D eigenvalue weighted by Crippen LogP contribution is 2.14. The molecule has 2 aromatic heterocycles. The number of hydrogen-bond donors (Lipinski definition) is 1. The molecule has 0 aliphatic heterocycles. The van der Waals surface area contributed by atoms with Crippen LogP contribution in [0.1, 0.15) is 11.3 Å². The van der Waals surface area contributed by atoms with Gasteiger partial charge in [0.1, 0.15) is 0 Å². The van der Waals surface area contributed by atoms with Crippen LogP contribution in [0.2, 0.25) is 0 Å². The van der Waals surface area contributed by atoms with Crippen molar-refractivity contribution < 1.29 is 4.74 Å². The van der Waals surface area contributed by atoms with E-state index in [0.29, 0.717) is 13.2 Å². The molecule has 1 aromatic carbocycles. The Labute approximate surface area is 105 Å². The number of ether oxygens (including phenoxy) is 1. The second-order valence-corrected chi connectivity index (χ2v) is 4.06. The van der Waals surface area contributed by atoms with Gasteiger partial charge in [-0.05, 0) is 17.7 Å². The number of hydrogen-bond acceptors (Lipinski definition) is 3. The average Bonchev–Trinajstić information content (AvgIpc) is 2.84. The molecule has 0 aliphatic carbocycles. The van der Waals surface area contributed by atoms with Gasteiger partial charge in [-0.15, -0.1) is 0 Å². The molecule has 0 radical (unpaired) electrons. The largest absolute Gasteiger partial charge is 0.370 e. The number of rotatable bonds is 4. The van der Waals surface area contributed by atoms with Crippen LogP contribution in [0.25, 0.3) is 11.0 Å². The van der Waals surface area contributed by atoms with Crippen molar-refractivity contribution in [1.82, 2.24) is 15.2 Å². The summed E-state index contributed by atoms with van der Waals surface area (Å²) in [6, 6.07) is 14.0. The molecule has 1 N–H and O–H groups in total. The molecule has 0 spiro atoms. The van der Waals surface area contributed by atoms with Gasteiger partial charge in [-0.1, -0.05) is 30.3 Å². The van der Waals surface area contributed by atoms with Gasteiger partial charge in [0.25, 0.3) is 0 Å². The number of aromatic amines is 1. The van der Waals surface area contributed by atoms with E-state index in [9.17, 15) is 0 Å². The van der Waals surface area contributed by atoms with Gasteiger partial charge in [0, 0.05) is 11.6 Å². The van der Waals surface area contributed by atoms with E-state index >= 15 is 0 Å². The number of benzene rings is 1. The topological polar surface area (TPSA) is 50.8 Å². The third-order valence-electron chi connectivity index (χ3n) is 2.77. The lowest BCUT2D eigenvalue weighted by Crippen LogP contribution is -1.94. The third-order valence-corrected chi connectivity index (χ3v) is 2.77. The molecule has 90 valence electrons. The zero-order valence-electron chi connectivity index (χ0n) is 9.84.